The minimum Gasteiger partial charge on any atom is -0.354 e. The van der Waals surface area contributed by atoms with Crippen molar-refractivity contribution >= 4 is 38.9 Å². The van der Waals surface area contributed by atoms with Gasteiger partial charge < -0.3 is 5.32 Å². The van der Waals surface area contributed by atoms with Crippen LogP contribution in [0.3, 0.4) is 0 Å². The second-order valence-corrected chi connectivity index (χ2v) is 9.87. The summed E-state index contributed by atoms with van der Waals surface area (Å²) in [5.74, 6) is -0.172. The Balaban J connectivity index is 1.48. The van der Waals surface area contributed by atoms with E-state index in [1.807, 2.05) is 11.4 Å². The highest BCUT2D eigenvalue weighted by Crippen LogP contribution is 2.27. The highest BCUT2D eigenvalue weighted by molar-refractivity contribution is 7.89. The Labute approximate surface area is 174 Å². The molecule has 1 aromatic carbocycles. The Hall–Kier alpha value is -1.45. The summed E-state index contributed by atoms with van der Waals surface area (Å²) in [5, 5.41) is 5.35. The Morgan fingerprint density at radius 2 is 2.00 bits per heavy atom. The average Bonchev–Trinajstić information content (AvgIpc) is 3.36. The molecule has 1 unspecified atom stereocenters. The SMILES string of the molecule is O=C(CCNS(=O)(=O)c1cccc(Cl)c1)NCC(c1cccs1)N1CCCC1. The molecule has 0 aliphatic carbocycles. The number of sulfonamides is 1. The zero-order chi connectivity index (χ0) is 20.0. The fraction of sp³-hybridized carbons (Fsp3) is 0.421. The second-order valence-electron chi connectivity index (χ2n) is 6.68. The number of hydrogen-bond donors (Lipinski definition) is 2. The van der Waals surface area contributed by atoms with Gasteiger partial charge in [0.2, 0.25) is 15.9 Å². The lowest BCUT2D eigenvalue weighted by Gasteiger charge is -2.26. The molecule has 9 heteroatoms. The normalized spacial score (nSPS) is 16.2. The van der Waals surface area contributed by atoms with Crippen molar-refractivity contribution in [1.82, 2.24) is 14.9 Å². The molecule has 1 aliphatic rings. The first kappa shape index (κ1) is 21.3. The van der Waals surface area contributed by atoms with Crippen LogP contribution in [0.1, 0.15) is 30.2 Å². The highest BCUT2D eigenvalue weighted by Gasteiger charge is 2.24. The minimum absolute atomic E-state index is 0.0358. The molecular formula is C19H24ClN3O3S2. The number of rotatable bonds is 9. The summed E-state index contributed by atoms with van der Waals surface area (Å²) in [6.45, 7) is 2.64. The summed E-state index contributed by atoms with van der Waals surface area (Å²) in [6, 6.07) is 10.3. The molecule has 1 saturated heterocycles. The van der Waals surface area contributed by atoms with E-state index in [1.165, 1.54) is 29.9 Å². The van der Waals surface area contributed by atoms with Gasteiger partial charge in [0.1, 0.15) is 0 Å². The summed E-state index contributed by atoms with van der Waals surface area (Å²) >= 11 is 7.54. The third kappa shape index (κ3) is 5.78. The van der Waals surface area contributed by atoms with Crippen LogP contribution in [0.4, 0.5) is 0 Å². The molecule has 2 N–H and O–H groups in total. The van der Waals surface area contributed by atoms with Crippen molar-refractivity contribution in [3.05, 3.63) is 51.7 Å². The van der Waals surface area contributed by atoms with Crippen molar-refractivity contribution in [3.63, 3.8) is 0 Å². The molecule has 1 aliphatic heterocycles. The van der Waals surface area contributed by atoms with Gasteiger partial charge in [-0.25, -0.2) is 13.1 Å². The molecule has 28 heavy (non-hydrogen) atoms. The van der Waals surface area contributed by atoms with E-state index in [-0.39, 0.29) is 29.8 Å². The second kappa shape index (κ2) is 9.84. The van der Waals surface area contributed by atoms with Gasteiger partial charge in [-0.15, -0.1) is 11.3 Å². The predicted molar refractivity (Wildman–Crippen MR) is 112 cm³/mol. The van der Waals surface area contributed by atoms with Gasteiger partial charge in [-0.3, -0.25) is 9.69 Å². The summed E-state index contributed by atoms with van der Waals surface area (Å²) in [6.07, 6.45) is 2.44. The molecule has 0 bridgehead atoms. The average molecular weight is 442 g/mol. The summed E-state index contributed by atoms with van der Waals surface area (Å²) in [7, 11) is -3.68. The van der Waals surface area contributed by atoms with Gasteiger partial charge in [-0.2, -0.15) is 0 Å². The number of benzene rings is 1. The smallest absolute Gasteiger partial charge is 0.240 e. The van der Waals surface area contributed by atoms with Crippen LogP contribution in [0.25, 0.3) is 0 Å². The molecule has 1 amide bonds. The number of carbonyl (C=O) groups is 1. The molecule has 0 spiro atoms. The minimum atomic E-state index is -3.68. The Kier molecular flexibility index (Phi) is 7.48. The fourth-order valence-electron chi connectivity index (χ4n) is 3.26. The largest absolute Gasteiger partial charge is 0.354 e. The van der Waals surface area contributed by atoms with E-state index in [4.69, 9.17) is 11.6 Å². The van der Waals surface area contributed by atoms with Crippen molar-refractivity contribution in [3.8, 4) is 0 Å². The standard InChI is InChI=1S/C19H24ClN3O3S2/c20-15-5-3-6-16(13-15)28(25,26)22-9-8-19(24)21-14-17(18-7-4-12-27-18)23-10-1-2-11-23/h3-7,12-13,17,22H,1-2,8-11,14H2,(H,21,24). The van der Waals surface area contributed by atoms with Crippen molar-refractivity contribution < 1.29 is 13.2 Å². The van der Waals surface area contributed by atoms with Crippen molar-refractivity contribution in [2.75, 3.05) is 26.2 Å². The number of thiophene rings is 1. The van der Waals surface area contributed by atoms with Gasteiger partial charge in [0, 0.05) is 29.4 Å². The first-order valence-electron chi connectivity index (χ1n) is 9.25. The lowest BCUT2D eigenvalue weighted by molar-refractivity contribution is -0.121. The van der Waals surface area contributed by atoms with Gasteiger partial charge >= 0.3 is 0 Å². The lowest BCUT2D eigenvalue weighted by Crippen LogP contribution is -2.37. The maximum Gasteiger partial charge on any atom is 0.240 e. The zero-order valence-corrected chi connectivity index (χ0v) is 17.8. The summed E-state index contributed by atoms with van der Waals surface area (Å²) < 4.78 is 27.0. The van der Waals surface area contributed by atoms with E-state index >= 15 is 0 Å². The predicted octanol–water partition coefficient (Wildman–Crippen LogP) is 3.02. The number of likely N-dealkylation sites (tertiary alicyclic amines) is 1. The number of amides is 1. The molecule has 0 radical (unpaired) electrons. The van der Waals surface area contributed by atoms with Crippen LogP contribution >= 0.6 is 22.9 Å². The quantitative estimate of drug-likeness (QED) is 0.627. The Bertz CT molecular complexity index is 882. The van der Waals surface area contributed by atoms with E-state index < -0.39 is 10.0 Å². The maximum absolute atomic E-state index is 12.3. The maximum atomic E-state index is 12.3. The Morgan fingerprint density at radius 3 is 2.68 bits per heavy atom. The highest BCUT2D eigenvalue weighted by atomic mass is 35.5. The summed E-state index contributed by atoms with van der Waals surface area (Å²) in [5.41, 5.74) is 0. The molecule has 1 fully saturated rings. The van der Waals surface area contributed by atoms with E-state index in [0.29, 0.717) is 11.6 Å². The molecule has 3 rings (SSSR count). The molecule has 2 heterocycles. The van der Waals surface area contributed by atoms with Gasteiger partial charge in [0.25, 0.3) is 0 Å². The lowest BCUT2D eigenvalue weighted by atomic mass is 10.2. The van der Waals surface area contributed by atoms with Crippen molar-refractivity contribution in [1.29, 1.82) is 0 Å². The van der Waals surface area contributed by atoms with E-state index in [0.717, 1.165) is 13.1 Å². The monoisotopic (exact) mass is 441 g/mol. The molecule has 1 aromatic heterocycles. The van der Waals surface area contributed by atoms with Crippen LogP contribution in [0.5, 0.6) is 0 Å². The first-order valence-corrected chi connectivity index (χ1v) is 12.0. The molecule has 152 valence electrons. The molecule has 1 atom stereocenters. The molecule has 2 aromatic rings. The van der Waals surface area contributed by atoms with Crippen LogP contribution in [0.2, 0.25) is 5.02 Å². The molecular weight excluding hydrogens is 418 g/mol. The van der Waals surface area contributed by atoms with Crippen LogP contribution in [0, 0.1) is 0 Å². The van der Waals surface area contributed by atoms with Gasteiger partial charge in [0.05, 0.1) is 10.9 Å². The molecule has 6 nitrogen and oxygen atoms in total. The number of hydrogen-bond acceptors (Lipinski definition) is 5. The van der Waals surface area contributed by atoms with Crippen LogP contribution in [-0.2, 0) is 14.8 Å². The topological polar surface area (TPSA) is 78.5 Å². The van der Waals surface area contributed by atoms with Crippen LogP contribution in [-0.4, -0.2) is 45.4 Å². The third-order valence-electron chi connectivity index (χ3n) is 4.70. The van der Waals surface area contributed by atoms with Crippen molar-refractivity contribution in [2.24, 2.45) is 0 Å². The number of nitrogens with zero attached hydrogens (tertiary/aromatic N) is 1. The zero-order valence-electron chi connectivity index (χ0n) is 15.4. The van der Waals surface area contributed by atoms with Gasteiger partial charge in [0.15, 0.2) is 0 Å². The number of carbonyl (C=O) groups excluding carboxylic acids is 1. The number of halogens is 1. The van der Waals surface area contributed by atoms with E-state index in [9.17, 15) is 13.2 Å². The Morgan fingerprint density at radius 1 is 1.21 bits per heavy atom. The van der Waals surface area contributed by atoms with Crippen LogP contribution in [0.15, 0.2) is 46.7 Å². The molecule has 0 saturated carbocycles. The van der Waals surface area contributed by atoms with Gasteiger partial charge in [-0.05, 0) is 55.6 Å². The van der Waals surface area contributed by atoms with Gasteiger partial charge in [-0.1, -0.05) is 23.7 Å². The third-order valence-corrected chi connectivity index (χ3v) is 7.36. The van der Waals surface area contributed by atoms with Crippen molar-refractivity contribution in [2.45, 2.75) is 30.2 Å². The first-order chi connectivity index (χ1) is 13.5. The number of nitrogens with one attached hydrogen (secondary N) is 2. The fourth-order valence-corrected chi connectivity index (χ4v) is 5.45. The van der Waals surface area contributed by atoms with Crippen LogP contribution < -0.4 is 10.0 Å². The van der Waals surface area contributed by atoms with E-state index in [1.54, 1.807) is 23.5 Å². The summed E-state index contributed by atoms with van der Waals surface area (Å²) in [4.78, 5) is 16.0. The van der Waals surface area contributed by atoms with E-state index in [2.05, 4.69) is 21.0 Å².